The SMILES string of the molecule is Nc1c(C(Cl)(Cl)Cl)cccc1C(Cl)(Cl)Cl. The molecule has 1 nitrogen and oxygen atoms in total. The van der Waals surface area contributed by atoms with Crippen LogP contribution in [-0.4, -0.2) is 0 Å². The van der Waals surface area contributed by atoms with Crippen LogP contribution in [0.3, 0.4) is 0 Å². The molecule has 15 heavy (non-hydrogen) atoms. The molecule has 1 aromatic carbocycles. The van der Waals surface area contributed by atoms with Gasteiger partial charge in [0.05, 0.1) is 0 Å². The molecule has 84 valence electrons. The minimum atomic E-state index is -1.64. The van der Waals surface area contributed by atoms with Gasteiger partial charge >= 0.3 is 0 Å². The molecule has 0 spiro atoms. The molecule has 0 heterocycles. The normalized spacial score (nSPS) is 12.9. The number of hydrogen-bond donors (Lipinski definition) is 1. The number of anilines is 1. The number of nitrogen functional groups attached to an aromatic ring is 1. The third kappa shape index (κ3) is 3.36. The van der Waals surface area contributed by atoms with Crippen LogP contribution in [0.25, 0.3) is 0 Å². The van der Waals surface area contributed by atoms with Crippen LogP contribution in [-0.2, 0) is 7.59 Å². The molecular formula is C8H5Cl6N. The molecule has 2 N–H and O–H groups in total. The van der Waals surface area contributed by atoms with E-state index in [1.165, 1.54) is 0 Å². The quantitative estimate of drug-likeness (QED) is 0.531. The summed E-state index contributed by atoms with van der Waals surface area (Å²) in [5.74, 6) is 0. The molecule has 0 aromatic heterocycles. The van der Waals surface area contributed by atoms with Crippen molar-refractivity contribution in [1.29, 1.82) is 0 Å². The number of rotatable bonds is 0. The molecule has 0 aliphatic carbocycles. The fraction of sp³-hybridized carbons (Fsp3) is 0.250. The minimum absolute atomic E-state index is 0.164. The predicted molar refractivity (Wildman–Crippen MR) is 69.3 cm³/mol. The first kappa shape index (κ1) is 13.8. The van der Waals surface area contributed by atoms with Crippen molar-refractivity contribution in [3.05, 3.63) is 29.3 Å². The lowest BCUT2D eigenvalue weighted by molar-refractivity contribution is 1.18. The van der Waals surface area contributed by atoms with Crippen molar-refractivity contribution in [2.45, 2.75) is 7.59 Å². The van der Waals surface area contributed by atoms with Gasteiger partial charge in [0.2, 0.25) is 7.59 Å². The second kappa shape index (κ2) is 4.56. The van der Waals surface area contributed by atoms with Gasteiger partial charge in [-0.05, 0) is 0 Å². The van der Waals surface area contributed by atoms with Gasteiger partial charge in [0.1, 0.15) is 0 Å². The summed E-state index contributed by atoms with van der Waals surface area (Å²) >= 11 is 34.2. The molecule has 0 radical (unpaired) electrons. The zero-order valence-corrected chi connectivity index (χ0v) is 11.6. The molecule has 0 amide bonds. The minimum Gasteiger partial charge on any atom is -0.398 e. The number of nitrogens with two attached hydrogens (primary N) is 1. The zero-order chi connectivity index (χ0) is 11.9. The lowest BCUT2D eigenvalue weighted by Crippen LogP contribution is -2.11. The van der Waals surface area contributed by atoms with Crippen molar-refractivity contribution in [3.8, 4) is 0 Å². The Morgan fingerprint density at radius 1 is 0.800 bits per heavy atom. The molecule has 0 saturated heterocycles. The van der Waals surface area contributed by atoms with E-state index in [9.17, 15) is 0 Å². The van der Waals surface area contributed by atoms with Crippen LogP contribution in [0.4, 0.5) is 5.69 Å². The number of alkyl halides is 6. The van der Waals surface area contributed by atoms with E-state index in [4.69, 9.17) is 75.3 Å². The molecule has 1 rings (SSSR count). The molecule has 0 saturated carbocycles. The summed E-state index contributed by atoms with van der Waals surface area (Å²) in [5, 5.41) is 0. The van der Waals surface area contributed by atoms with Crippen molar-refractivity contribution >= 4 is 75.3 Å². The highest BCUT2D eigenvalue weighted by Crippen LogP contribution is 2.47. The number of hydrogen-bond acceptors (Lipinski definition) is 1. The molecule has 1 aromatic rings. The molecule has 0 bridgehead atoms. The standard InChI is InChI=1S/C8H5Cl6N/c9-7(10,11)4-2-1-3-5(6(4)15)8(12,13)14/h1-3H,15H2. The first-order chi connectivity index (χ1) is 6.64. The molecule has 0 fully saturated rings. The van der Waals surface area contributed by atoms with E-state index in [0.717, 1.165) is 0 Å². The maximum atomic E-state index is 5.75. The Labute approximate surface area is 117 Å². The Bertz CT molecular complexity index is 332. The van der Waals surface area contributed by atoms with E-state index in [1.807, 2.05) is 0 Å². The zero-order valence-electron chi connectivity index (χ0n) is 7.08. The van der Waals surface area contributed by atoms with Gasteiger partial charge in [-0.15, -0.1) is 0 Å². The highest BCUT2D eigenvalue weighted by atomic mass is 35.6. The van der Waals surface area contributed by atoms with E-state index >= 15 is 0 Å². The van der Waals surface area contributed by atoms with Crippen LogP contribution >= 0.6 is 69.6 Å². The Morgan fingerprint density at radius 2 is 1.13 bits per heavy atom. The van der Waals surface area contributed by atoms with E-state index in [0.29, 0.717) is 0 Å². The molecule has 7 heteroatoms. The van der Waals surface area contributed by atoms with Gasteiger partial charge in [0.15, 0.2) is 0 Å². The first-order valence-corrected chi connectivity index (χ1v) is 5.93. The highest BCUT2D eigenvalue weighted by molar-refractivity contribution is 6.68. The van der Waals surface area contributed by atoms with Crippen LogP contribution < -0.4 is 5.73 Å². The van der Waals surface area contributed by atoms with Gasteiger partial charge < -0.3 is 5.73 Å². The summed E-state index contributed by atoms with van der Waals surface area (Å²) in [7, 11) is 0. The topological polar surface area (TPSA) is 26.0 Å². The van der Waals surface area contributed by atoms with Gasteiger partial charge in [0.25, 0.3) is 0 Å². The smallest absolute Gasteiger partial charge is 0.218 e. The monoisotopic (exact) mass is 325 g/mol. The molecule has 0 aliphatic rings. The average Bonchev–Trinajstić information content (AvgIpc) is 1.99. The van der Waals surface area contributed by atoms with Crippen LogP contribution in [0, 0.1) is 0 Å². The van der Waals surface area contributed by atoms with Gasteiger partial charge in [-0.1, -0.05) is 87.8 Å². The maximum absolute atomic E-state index is 5.75. The van der Waals surface area contributed by atoms with Crippen LogP contribution in [0.2, 0.25) is 0 Å². The second-order valence-corrected chi connectivity index (χ2v) is 7.32. The van der Waals surface area contributed by atoms with Crippen molar-refractivity contribution in [2.75, 3.05) is 5.73 Å². The Morgan fingerprint density at radius 3 is 1.40 bits per heavy atom. The molecule has 0 atom stereocenters. The first-order valence-electron chi connectivity index (χ1n) is 3.67. The van der Waals surface area contributed by atoms with E-state index in [2.05, 4.69) is 0 Å². The van der Waals surface area contributed by atoms with Gasteiger partial charge in [0, 0.05) is 16.8 Å². The van der Waals surface area contributed by atoms with Crippen LogP contribution in [0.1, 0.15) is 11.1 Å². The predicted octanol–water partition coefficient (Wildman–Crippen LogP) is 4.92. The average molecular weight is 328 g/mol. The van der Waals surface area contributed by atoms with Crippen molar-refractivity contribution in [1.82, 2.24) is 0 Å². The maximum Gasteiger partial charge on any atom is 0.218 e. The Balaban J connectivity index is 3.37. The second-order valence-electron chi connectivity index (χ2n) is 2.76. The van der Waals surface area contributed by atoms with Gasteiger partial charge in [-0.2, -0.15) is 0 Å². The lowest BCUT2D eigenvalue weighted by atomic mass is 10.1. The third-order valence-corrected chi connectivity index (χ3v) is 2.94. The van der Waals surface area contributed by atoms with E-state index in [1.54, 1.807) is 18.2 Å². The molecule has 0 aliphatic heterocycles. The van der Waals surface area contributed by atoms with Gasteiger partial charge in [-0.25, -0.2) is 0 Å². The lowest BCUT2D eigenvalue weighted by Gasteiger charge is -2.20. The summed E-state index contributed by atoms with van der Waals surface area (Å²) in [6.07, 6.45) is 0. The number of halogens is 6. The Hall–Kier alpha value is 0.760. The number of para-hydroxylation sites is 1. The van der Waals surface area contributed by atoms with Gasteiger partial charge in [-0.3, -0.25) is 0 Å². The molecule has 0 unspecified atom stereocenters. The summed E-state index contributed by atoms with van der Waals surface area (Å²) in [6, 6.07) is 4.72. The van der Waals surface area contributed by atoms with Crippen molar-refractivity contribution in [2.24, 2.45) is 0 Å². The summed E-state index contributed by atoms with van der Waals surface area (Å²) in [6.45, 7) is 0. The number of benzene rings is 1. The molecular weight excluding hydrogens is 323 g/mol. The van der Waals surface area contributed by atoms with Crippen molar-refractivity contribution in [3.63, 3.8) is 0 Å². The van der Waals surface area contributed by atoms with Crippen molar-refractivity contribution < 1.29 is 0 Å². The van der Waals surface area contributed by atoms with E-state index < -0.39 is 7.59 Å². The van der Waals surface area contributed by atoms with Crippen LogP contribution in [0.15, 0.2) is 18.2 Å². The summed E-state index contributed by atoms with van der Waals surface area (Å²) in [5.41, 5.74) is 6.49. The third-order valence-electron chi connectivity index (χ3n) is 1.72. The van der Waals surface area contributed by atoms with E-state index in [-0.39, 0.29) is 16.8 Å². The summed E-state index contributed by atoms with van der Waals surface area (Å²) < 4.78 is -3.29. The highest BCUT2D eigenvalue weighted by Gasteiger charge is 2.32. The summed E-state index contributed by atoms with van der Waals surface area (Å²) in [4.78, 5) is 0. The fourth-order valence-electron chi connectivity index (χ4n) is 1.06. The largest absolute Gasteiger partial charge is 0.398 e. The van der Waals surface area contributed by atoms with Crippen LogP contribution in [0.5, 0.6) is 0 Å². The Kier molecular flexibility index (Phi) is 4.20. The fourth-order valence-corrected chi connectivity index (χ4v) is 2.05.